The van der Waals surface area contributed by atoms with Crippen LogP contribution in [-0.4, -0.2) is 57.1 Å². The maximum absolute atomic E-state index is 13.4. The third-order valence-corrected chi connectivity index (χ3v) is 9.26. The van der Waals surface area contributed by atoms with Gasteiger partial charge in [-0.25, -0.2) is 0 Å². The molecule has 3 heterocycles. The molecule has 0 unspecified atom stereocenters. The molecule has 2 aliphatic rings. The fourth-order valence-electron chi connectivity index (χ4n) is 5.18. The van der Waals surface area contributed by atoms with E-state index in [1.54, 1.807) is 30.3 Å². The number of hydrogen-bond donors (Lipinski definition) is 3. The number of para-hydroxylation sites is 1. The third-order valence-electron chi connectivity index (χ3n) is 6.85. The Bertz CT molecular complexity index is 1750. The van der Waals surface area contributed by atoms with E-state index >= 15 is 0 Å². The first-order valence-corrected chi connectivity index (χ1v) is 14.0. The standard InChI is InChI=1S/C28H21N3O7S2/c32-19(29-16-10-9-14-5-1-2-6-15(14)11-16)13-38-18-8-4-3-7-17(18)21-22-24(39-25-23(21)40-28(37)30-25)27(36)31(26(22)35)12-20(33)34/h1-11,21-22,24H,12-13H2,(H,29,32)(H,30,37)(H,33,34)/t21-,22+,24-/m0/s1. The van der Waals surface area contributed by atoms with Crippen LogP contribution in [-0.2, 0) is 19.2 Å². The van der Waals surface area contributed by atoms with E-state index in [-0.39, 0.29) is 11.5 Å². The van der Waals surface area contributed by atoms with E-state index in [2.05, 4.69) is 10.3 Å². The van der Waals surface area contributed by atoms with E-state index in [9.17, 15) is 29.1 Å². The number of aromatic nitrogens is 1. The molecular formula is C28H21N3O7S2. The summed E-state index contributed by atoms with van der Waals surface area (Å²) in [4.78, 5) is 66.6. The predicted molar refractivity (Wildman–Crippen MR) is 149 cm³/mol. The Morgan fingerprint density at radius 3 is 2.52 bits per heavy atom. The lowest BCUT2D eigenvalue weighted by atomic mass is 9.82. The Morgan fingerprint density at radius 1 is 0.975 bits per heavy atom. The number of likely N-dealkylation sites (tertiary alicyclic amines) is 1. The van der Waals surface area contributed by atoms with Gasteiger partial charge in [0.1, 0.15) is 17.5 Å². The first-order chi connectivity index (χ1) is 19.3. The molecule has 0 bridgehead atoms. The molecule has 10 nitrogen and oxygen atoms in total. The molecule has 1 aromatic heterocycles. The minimum absolute atomic E-state index is 0.315. The summed E-state index contributed by atoms with van der Waals surface area (Å²) >= 11 is 1.99. The zero-order valence-corrected chi connectivity index (χ0v) is 22.3. The van der Waals surface area contributed by atoms with Crippen LogP contribution in [0.2, 0.25) is 0 Å². The van der Waals surface area contributed by atoms with Crippen LogP contribution in [0.25, 0.3) is 10.8 Å². The fraction of sp³-hybridized carbons (Fsp3) is 0.179. The highest BCUT2D eigenvalue weighted by molar-refractivity contribution is 8.00. The molecule has 12 heteroatoms. The number of carboxylic acid groups (broad SMARTS) is 1. The van der Waals surface area contributed by atoms with Crippen LogP contribution < -0.4 is 14.9 Å². The number of hydrogen-bond acceptors (Lipinski definition) is 8. The van der Waals surface area contributed by atoms with Gasteiger partial charge in [0.05, 0.1) is 10.9 Å². The number of carbonyl (C=O) groups is 4. The highest BCUT2D eigenvalue weighted by Crippen LogP contribution is 2.53. The molecule has 3 N–H and O–H groups in total. The van der Waals surface area contributed by atoms with E-state index in [4.69, 9.17) is 4.74 Å². The number of ether oxygens (including phenoxy) is 1. The molecule has 0 spiro atoms. The van der Waals surface area contributed by atoms with Crippen molar-refractivity contribution in [3.8, 4) is 5.75 Å². The van der Waals surface area contributed by atoms with Crippen LogP contribution in [0.15, 0.2) is 76.6 Å². The van der Waals surface area contributed by atoms with Gasteiger partial charge in [0.2, 0.25) is 11.8 Å². The Balaban J connectivity index is 1.28. The summed E-state index contributed by atoms with van der Waals surface area (Å²) in [5.41, 5.74) is 1.13. The first kappa shape index (κ1) is 25.8. The molecule has 3 aromatic carbocycles. The maximum atomic E-state index is 13.4. The second-order valence-corrected chi connectivity index (χ2v) is 11.5. The van der Waals surface area contributed by atoms with E-state index in [0.717, 1.165) is 38.8 Å². The van der Waals surface area contributed by atoms with Crippen molar-refractivity contribution in [3.05, 3.63) is 86.8 Å². The van der Waals surface area contributed by atoms with Crippen molar-refractivity contribution in [3.63, 3.8) is 0 Å². The van der Waals surface area contributed by atoms with Crippen molar-refractivity contribution in [2.75, 3.05) is 18.5 Å². The van der Waals surface area contributed by atoms with E-state index in [1.165, 1.54) is 0 Å². The number of carbonyl (C=O) groups excluding carboxylic acids is 3. The van der Waals surface area contributed by atoms with Crippen LogP contribution in [0.5, 0.6) is 5.75 Å². The quantitative estimate of drug-likeness (QED) is 0.285. The molecule has 202 valence electrons. The summed E-state index contributed by atoms with van der Waals surface area (Å²) in [6, 6.07) is 20.2. The maximum Gasteiger partial charge on any atom is 0.323 e. The lowest BCUT2D eigenvalue weighted by molar-refractivity contribution is -0.149. The minimum Gasteiger partial charge on any atom is -0.483 e. The average Bonchev–Trinajstić information content (AvgIpc) is 3.42. The SMILES string of the molecule is O=C(O)CN1C(=O)[C@@H]2[C@H](c3ccccc3OCC(=O)Nc3ccc4ccccc4c3)c3sc(=O)[nH]c3S[C@@H]2C1=O. The molecule has 0 saturated carbocycles. The van der Waals surface area contributed by atoms with Crippen molar-refractivity contribution in [1.82, 2.24) is 9.88 Å². The summed E-state index contributed by atoms with van der Waals surface area (Å²) in [5, 5.41) is 13.7. The number of aliphatic carboxylic acids is 1. The van der Waals surface area contributed by atoms with Gasteiger partial charge in [0, 0.05) is 22.0 Å². The van der Waals surface area contributed by atoms with Crippen molar-refractivity contribution in [2.45, 2.75) is 16.2 Å². The van der Waals surface area contributed by atoms with E-state index < -0.39 is 47.3 Å². The Kier molecular flexibility index (Phi) is 6.64. The second-order valence-electron chi connectivity index (χ2n) is 9.34. The molecule has 6 rings (SSSR count). The summed E-state index contributed by atoms with van der Waals surface area (Å²) in [6.45, 7) is -1.07. The molecule has 0 aliphatic carbocycles. The van der Waals surface area contributed by atoms with Gasteiger partial charge in [-0.2, -0.15) is 0 Å². The Labute approximate surface area is 235 Å². The monoisotopic (exact) mass is 575 g/mol. The second kappa shape index (κ2) is 10.3. The van der Waals surface area contributed by atoms with Gasteiger partial charge < -0.3 is 20.1 Å². The number of imide groups is 1. The van der Waals surface area contributed by atoms with Crippen LogP contribution in [0.4, 0.5) is 5.69 Å². The molecule has 3 amide bonds. The number of H-pyrrole nitrogens is 1. The number of nitrogens with zero attached hydrogens (tertiary/aromatic N) is 1. The summed E-state index contributed by atoms with van der Waals surface area (Å²) in [6.07, 6.45) is 0. The number of rotatable bonds is 7. The van der Waals surface area contributed by atoms with Crippen molar-refractivity contribution < 1.29 is 29.0 Å². The third kappa shape index (κ3) is 4.65. The number of fused-ring (bicyclic) bond motifs is 3. The van der Waals surface area contributed by atoms with Crippen LogP contribution in [0.1, 0.15) is 16.4 Å². The predicted octanol–water partition coefficient (Wildman–Crippen LogP) is 3.28. The zero-order chi connectivity index (χ0) is 28.0. The lowest BCUT2D eigenvalue weighted by Gasteiger charge is -2.30. The molecule has 1 fully saturated rings. The molecule has 1 saturated heterocycles. The van der Waals surface area contributed by atoms with Crippen LogP contribution in [0.3, 0.4) is 0 Å². The summed E-state index contributed by atoms with van der Waals surface area (Å²) in [5.74, 6) is -4.30. The number of carboxylic acids is 1. The van der Waals surface area contributed by atoms with Gasteiger partial charge in [-0.1, -0.05) is 71.6 Å². The summed E-state index contributed by atoms with van der Waals surface area (Å²) in [7, 11) is 0. The molecule has 2 aliphatic heterocycles. The normalized spacial score (nSPS) is 19.8. The average molecular weight is 576 g/mol. The van der Waals surface area contributed by atoms with Gasteiger partial charge in [-0.3, -0.25) is 28.9 Å². The first-order valence-electron chi connectivity index (χ1n) is 12.3. The smallest absolute Gasteiger partial charge is 0.323 e. The largest absolute Gasteiger partial charge is 0.483 e. The number of amides is 3. The van der Waals surface area contributed by atoms with Gasteiger partial charge >= 0.3 is 10.8 Å². The number of benzene rings is 3. The topological polar surface area (TPSA) is 146 Å². The fourth-order valence-corrected chi connectivity index (χ4v) is 7.70. The van der Waals surface area contributed by atoms with Crippen molar-refractivity contribution >= 4 is 63.2 Å². The van der Waals surface area contributed by atoms with Gasteiger partial charge in [-0.05, 0) is 29.0 Å². The molecular weight excluding hydrogens is 554 g/mol. The molecule has 4 aromatic rings. The number of anilines is 1. The highest BCUT2D eigenvalue weighted by atomic mass is 32.2. The van der Waals surface area contributed by atoms with Crippen molar-refractivity contribution in [1.29, 1.82) is 0 Å². The van der Waals surface area contributed by atoms with Crippen LogP contribution in [0, 0.1) is 5.92 Å². The van der Waals surface area contributed by atoms with Crippen molar-refractivity contribution in [2.24, 2.45) is 5.92 Å². The Morgan fingerprint density at radius 2 is 1.73 bits per heavy atom. The minimum atomic E-state index is -1.30. The van der Waals surface area contributed by atoms with Gasteiger partial charge in [0.15, 0.2) is 6.61 Å². The molecule has 40 heavy (non-hydrogen) atoms. The number of aromatic amines is 1. The lowest BCUT2D eigenvalue weighted by Crippen LogP contribution is -2.36. The Hall–Kier alpha value is -4.42. The number of thiazole rings is 1. The zero-order valence-electron chi connectivity index (χ0n) is 20.7. The van der Waals surface area contributed by atoms with E-state index in [1.807, 2.05) is 36.4 Å². The van der Waals surface area contributed by atoms with Crippen LogP contribution >= 0.6 is 23.1 Å². The van der Waals surface area contributed by atoms with Gasteiger partial charge in [0.25, 0.3) is 5.91 Å². The molecule has 0 radical (unpaired) electrons. The summed E-state index contributed by atoms with van der Waals surface area (Å²) < 4.78 is 5.93. The van der Waals surface area contributed by atoms with E-state index in [0.29, 0.717) is 26.9 Å². The number of nitrogens with one attached hydrogen (secondary N) is 2. The molecule has 3 atom stereocenters. The highest BCUT2D eigenvalue weighted by Gasteiger charge is 2.56. The van der Waals surface area contributed by atoms with Gasteiger partial charge in [-0.15, -0.1) is 0 Å². The number of thioether (sulfide) groups is 1.